The molecule has 0 atom stereocenters. The first-order valence-corrected chi connectivity index (χ1v) is 6.66. The molecule has 0 N–H and O–H groups in total. The van der Waals surface area contributed by atoms with Crippen molar-refractivity contribution in [3.8, 4) is 0 Å². The van der Waals surface area contributed by atoms with Crippen LogP contribution >= 0.6 is 11.3 Å². The highest BCUT2D eigenvalue weighted by Crippen LogP contribution is 2.22. The Hall–Kier alpha value is -0.820. The summed E-state index contributed by atoms with van der Waals surface area (Å²) in [7, 11) is 0. The first-order chi connectivity index (χ1) is 7.40. The Morgan fingerprint density at radius 3 is 3.00 bits per heavy atom. The van der Waals surface area contributed by atoms with E-state index in [4.69, 9.17) is 0 Å². The van der Waals surface area contributed by atoms with E-state index in [2.05, 4.69) is 31.2 Å². The molecule has 0 saturated heterocycles. The van der Waals surface area contributed by atoms with Crippen molar-refractivity contribution in [1.29, 1.82) is 0 Å². The van der Waals surface area contributed by atoms with Gasteiger partial charge in [-0.25, -0.2) is 0 Å². The van der Waals surface area contributed by atoms with Crippen LogP contribution < -0.4 is 0 Å². The van der Waals surface area contributed by atoms with Gasteiger partial charge in [0.2, 0.25) is 0 Å². The zero-order valence-corrected chi connectivity index (χ0v) is 10.1. The summed E-state index contributed by atoms with van der Waals surface area (Å²) >= 11 is 1.77. The number of rotatable bonds is 5. The van der Waals surface area contributed by atoms with E-state index in [1.807, 2.05) is 5.38 Å². The average Bonchev–Trinajstić information content (AvgIpc) is 2.71. The quantitative estimate of drug-likeness (QED) is 0.630. The van der Waals surface area contributed by atoms with Crippen LogP contribution in [0.5, 0.6) is 0 Å². The standard InChI is InChI=1S/C14H17S/c1-2-3-4-5-6-12-7-8-14-13(11-12)9-10-15-14/h7-8,10-11H,2-6H2,1H3. The summed E-state index contributed by atoms with van der Waals surface area (Å²) in [4.78, 5) is 0. The lowest BCUT2D eigenvalue weighted by Crippen LogP contribution is -1.85. The lowest BCUT2D eigenvalue weighted by molar-refractivity contribution is 0.667. The topological polar surface area (TPSA) is 0 Å². The van der Waals surface area contributed by atoms with Gasteiger partial charge >= 0.3 is 0 Å². The van der Waals surface area contributed by atoms with E-state index < -0.39 is 0 Å². The predicted molar refractivity (Wildman–Crippen MR) is 68.5 cm³/mol. The zero-order chi connectivity index (χ0) is 10.5. The highest BCUT2D eigenvalue weighted by Gasteiger charge is 1.97. The Morgan fingerprint density at radius 2 is 2.13 bits per heavy atom. The van der Waals surface area contributed by atoms with Gasteiger partial charge in [-0.2, -0.15) is 0 Å². The van der Waals surface area contributed by atoms with Gasteiger partial charge in [-0.3, -0.25) is 0 Å². The maximum Gasteiger partial charge on any atom is 0.0349 e. The van der Waals surface area contributed by atoms with E-state index in [-0.39, 0.29) is 0 Å². The second kappa shape index (κ2) is 5.32. The minimum atomic E-state index is 1.22. The molecule has 1 radical (unpaired) electrons. The summed E-state index contributed by atoms with van der Waals surface area (Å²) in [6, 6.07) is 10.1. The molecule has 0 nitrogen and oxygen atoms in total. The van der Waals surface area contributed by atoms with Crippen molar-refractivity contribution in [3.05, 3.63) is 35.2 Å². The monoisotopic (exact) mass is 217 g/mol. The molecule has 0 bridgehead atoms. The van der Waals surface area contributed by atoms with Crippen LogP contribution in [0.1, 0.15) is 38.2 Å². The van der Waals surface area contributed by atoms with Crippen molar-refractivity contribution >= 4 is 21.4 Å². The maximum absolute atomic E-state index is 3.28. The fourth-order valence-corrected chi connectivity index (χ4v) is 2.56. The lowest BCUT2D eigenvalue weighted by atomic mass is 10.1. The molecule has 79 valence electrons. The van der Waals surface area contributed by atoms with Gasteiger partial charge in [-0.15, -0.1) is 11.3 Å². The Morgan fingerprint density at radius 1 is 1.20 bits per heavy atom. The largest absolute Gasteiger partial charge is 0.143 e. The molecule has 2 aromatic rings. The van der Waals surface area contributed by atoms with Gasteiger partial charge < -0.3 is 0 Å². The van der Waals surface area contributed by atoms with Crippen LogP contribution in [-0.2, 0) is 6.42 Å². The van der Waals surface area contributed by atoms with Gasteiger partial charge in [0.25, 0.3) is 0 Å². The molecule has 1 aromatic carbocycles. The Labute approximate surface area is 95.9 Å². The number of fused-ring (bicyclic) bond motifs is 1. The number of benzene rings is 1. The zero-order valence-electron chi connectivity index (χ0n) is 9.25. The van der Waals surface area contributed by atoms with Crippen molar-refractivity contribution in [1.82, 2.24) is 0 Å². The van der Waals surface area contributed by atoms with Crippen LogP contribution in [0.2, 0.25) is 0 Å². The van der Waals surface area contributed by atoms with Gasteiger partial charge in [-0.05, 0) is 35.9 Å². The molecular weight excluding hydrogens is 200 g/mol. The first-order valence-electron chi connectivity index (χ1n) is 5.78. The molecule has 0 amide bonds. The maximum atomic E-state index is 3.28. The molecule has 1 heterocycles. The van der Waals surface area contributed by atoms with Crippen molar-refractivity contribution in [2.75, 3.05) is 0 Å². The molecule has 1 heteroatoms. The third kappa shape index (κ3) is 2.82. The lowest BCUT2D eigenvalue weighted by Gasteiger charge is -2.01. The molecule has 0 aliphatic rings. The molecular formula is C14H17S. The van der Waals surface area contributed by atoms with E-state index in [0.29, 0.717) is 0 Å². The molecule has 0 spiro atoms. The average molecular weight is 217 g/mol. The molecule has 0 fully saturated rings. The van der Waals surface area contributed by atoms with E-state index >= 15 is 0 Å². The van der Waals surface area contributed by atoms with Crippen LogP contribution in [0, 0.1) is 6.07 Å². The first kappa shape index (κ1) is 10.7. The van der Waals surface area contributed by atoms with Crippen LogP contribution in [0.4, 0.5) is 0 Å². The number of hydrogen-bond donors (Lipinski definition) is 0. The van der Waals surface area contributed by atoms with Crippen molar-refractivity contribution < 1.29 is 0 Å². The third-order valence-corrected chi connectivity index (χ3v) is 3.61. The predicted octanol–water partition coefficient (Wildman–Crippen LogP) is 4.82. The fraction of sp³-hybridized carbons (Fsp3) is 0.429. The number of thiophene rings is 1. The SMILES string of the molecule is CCCCCCc1ccc2sc[c]c2c1. The molecule has 15 heavy (non-hydrogen) atoms. The van der Waals surface area contributed by atoms with Crippen LogP contribution in [0.25, 0.3) is 10.1 Å². The summed E-state index contributed by atoms with van der Waals surface area (Å²) < 4.78 is 1.35. The van der Waals surface area contributed by atoms with Crippen LogP contribution in [0.3, 0.4) is 0 Å². The van der Waals surface area contributed by atoms with Gasteiger partial charge in [-0.1, -0.05) is 32.3 Å². The molecule has 0 saturated carbocycles. The highest BCUT2D eigenvalue weighted by atomic mass is 32.1. The smallest absolute Gasteiger partial charge is 0.0349 e. The number of hydrogen-bond acceptors (Lipinski definition) is 1. The summed E-state index contributed by atoms with van der Waals surface area (Å²) in [6.07, 6.45) is 6.59. The normalized spacial score (nSPS) is 11.0. The molecule has 0 aliphatic carbocycles. The Kier molecular flexibility index (Phi) is 3.79. The van der Waals surface area contributed by atoms with Crippen LogP contribution in [-0.4, -0.2) is 0 Å². The molecule has 1 aromatic heterocycles. The van der Waals surface area contributed by atoms with Gasteiger partial charge in [0, 0.05) is 16.2 Å². The number of aryl methyl sites for hydroxylation is 1. The van der Waals surface area contributed by atoms with Crippen LogP contribution in [0.15, 0.2) is 23.6 Å². The Bertz CT molecular complexity index is 414. The minimum Gasteiger partial charge on any atom is -0.143 e. The summed E-state index contributed by atoms with van der Waals surface area (Å²) in [5, 5.41) is 3.33. The van der Waals surface area contributed by atoms with Crippen molar-refractivity contribution in [2.24, 2.45) is 0 Å². The highest BCUT2D eigenvalue weighted by molar-refractivity contribution is 7.17. The summed E-state index contributed by atoms with van der Waals surface area (Å²) in [6.45, 7) is 2.26. The summed E-state index contributed by atoms with van der Waals surface area (Å²) in [5.41, 5.74) is 1.47. The molecule has 0 unspecified atom stereocenters. The molecule has 2 rings (SSSR count). The minimum absolute atomic E-state index is 1.22. The van der Waals surface area contributed by atoms with E-state index in [1.54, 1.807) is 11.3 Å². The van der Waals surface area contributed by atoms with E-state index in [1.165, 1.54) is 47.8 Å². The van der Waals surface area contributed by atoms with E-state index in [9.17, 15) is 0 Å². The fourth-order valence-electron chi connectivity index (χ4n) is 1.86. The summed E-state index contributed by atoms with van der Waals surface area (Å²) in [5.74, 6) is 0. The Balaban J connectivity index is 1.96. The number of unbranched alkanes of at least 4 members (excludes halogenated alkanes) is 3. The van der Waals surface area contributed by atoms with Crippen molar-refractivity contribution in [3.63, 3.8) is 0 Å². The third-order valence-electron chi connectivity index (χ3n) is 2.76. The van der Waals surface area contributed by atoms with Crippen molar-refractivity contribution in [2.45, 2.75) is 39.0 Å². The van der Waals surface area contributed by atoms with Gasteiger partial charge in [0.05, 0.1) is 0 Å². The second-order valence-electron chi connectivity index (χ2n) is 4.02. The molecule has 0 aliphatic heterocycles. The van der Waals surface area contributed by atoms with Gasteiger partial charge in [0.15, 0.2) is 0 Å². The van der Waals surface area contributed by atoms with Gasteiger partial charge in [0.1, 0.15) is 0 Å². The second-order valence-corrected chi connectivity index (χ2v) is 4.93. The van der Waals surface area contributed by atoms with E-state index in [0.717, 1.165) is 0 Å².